The molecule has 0 amide bonds. The standard InChI is InChI=1S/C19H29N7/c1-19(2,3)16-7-8-17(23-22-16)26-12-15(13-26)25(6)11-14-9-20-18(21-10-14)24(4)5/h7-10,15H,11-13H2,1-6H3. The van der Waals surface area contributed by atoms with Crippen molar-refractivity contribution in [2.75, 3.05) is 44.0 Å². The molecule has 0 aliphatic carbocycles. The van der Waals surface area contributed by atoms with Gasteiger partial charge < -0.3 is 9.80 Å². The number of hydrogen-bond acceptors (Lipinski definition) is 7. The van der Waals surface area contributed by atoms with Crippen LogP contribution in [0.15, 0.2) is 24.5 Å². The lowest BCUT2D eigenvalue weighted by Gasteiger charge is -2.44. The van der Waals surface area contributed by atoms with Gasteiger partial charge in [-0.3, -0.25) is 4.90 Å². The average molecular weight is 355 g/mol. The van der Waals surface area contributed by atoms with Gasteiger partial charge in [-0.15, -0.1) is 5.10 Å². The highest BCUT2D eigenvalue weighted by Crippen LogP contribution is 2.24. The predicted molar refractivity (Wildman–Crippen MR) is 105 cm³/mol. The smallest absolute Gasteiger partial charge is 0.224 e. The van der Waals surface area contributed by atoms with E-state index in [2.05, 4.69) is 69.9 Å². The van der Waals surface area contributed by atoms with Crippen LogP contribution < -0.4 is 9.80 Å². The molecule has 3 rings (SSSR count). The largest absolute Gasteiger partial charge is 0.352 e. The Morgan fingerprint density at radius 3 is 2.19 bits per heavy atom. The minimum atomic E-state index is 0.0352. The Hall–Kier alpha value is -2.28. The van der Waals surface area contributed by atoms with E-state index in [9.17, 15) is 0 Å². The van der Waals surface area contributed by atoms with Crippen LogP contribution in [0, 0.1) is 0 Å². The molecule has 7 heteroatoms. The topological polar surface area (TPSA) is 61.3 Å². The van der Waals surface area contributed by atoms with Crippen LogP contribution in [-0.4, -0.2) is 65.3 Å². The third kappa shape index (κ3) is 4.09. The molecule has 0 saturated carbocycles. The summed E-state index contributed by atoms with van der Waals surface area (Å²) in [6, 6.07) is 4.67. The SMILES string of the molecule is CN(C)c1ncc(CN(C)C2CN(c3ccc(C(C)(C)C)nn3)C2)cn1. The molecule has 0 radical (unpaired) electrons. The highest BCUT2D eigenvalue weighted by Gasteiger charge is 2.31. The lowest BCUT2D eigenvalue weighted by atomic mass is 9.92. The maximum absolute atomic E-state index is 4.40. The first-order chi connectivity index (χ1) is 12.2. The quantitative estimate of drug-likeness (QED) is 0.812. The summed E-state index contributed by atoms with van der Waals surface area (Å²) in [5, 5.41) is 8.79. The van der Waals surface area contributed by atoms with E-state index in [1.165, 1.54) is 0 Å². The molecule has 140 valence electrons. The number of likely N-dealkylation sites (N-methyl/N-ethyl adjacent to an activating group) is 1. The summed E-state index contributed by atoms with van der Waals surface area (Å²) in [5.74, 6) is 1.70. The second-order valence-corrected chi connectivity index (χ2v) is 8.29. The summed E-state index contributed by atoms with van der Waals surface area (Å²) in [7, 11) is 6.04. The van der Waals surface area contributed by atoms with E-state index in [-0.39, 0.29) is 5.41 Å². The Morgan fingerprint density at radius 1 is 1.04 bits per heavy atom. The molecule has 0 aromatic carbocycles. The van der Waals surface area contributed by atoms with Gasteiger partial charge in [-0.1, -0.05) is 20.8 Å². The van der Waals surface area contributed by atoms with Crippen molar-refractivity contribution in [3.8, 4) is 0 Å². The van der Waals surface area contributed by atoms with Gasteiger partial charge in [0.15, 0.2) is 5.82 Å². The first-order valence-corrected chi connectivity index (χ1v) is 9.01. The van der Waals surface area contributed by atoms with E-state index in [1.54, 1.807) is 0 Å². The van der Waals surface area contributed by atoms with Crippen molar-refractivity contribution in [1.82, 2.24) is 25.1 Å². The number of rotatable bonds is 5. The van der Waals surface area contributed by atoms with Crippen LogP contribution in [0.1, 0.15) is 32.0 Å². The number of nitrogens with zero attached hydrogens (tertiary/aromatic N) is 7. The molecule has 2 aromatic rings. The average Bonchev–Trinajstić information content (AvgIpc) is 2.53. The van der Waals surface area contributed by atoms with E-state index >= 15 is 0 Å². The Kier molecular flexibility index (Phi) is 5.09. The van der Waals surface area contributed by atoms with Crippen molar-refractivity contribution in [2.24, 2.45) is 0 Å². The Morgan fingerprint density at radius 2 is 1.69 bits per heavy atom. The molecule has 26 heavy (non-hydrogen) atoms. The van der Waals surface area contributed by atoms with Gasteiger partial charge in [0.2, 0.25) is 5.95 Å². The first-order valence-electron chi connectivity index (χ1n) is 9.01. The molecule has 1 saturated heterocycles. The lowest BCUT2D eigenvalue weighted by molar-refractivity contribution is 0.196. The summed E-state index contributed by atoms with van der Waals surface area (Å²) in [6.45, 7) is 9.24. The van der Waals surface area contributed by atoms with E-state index < -0.39 is 0 Å². The van der Waals surface area contributed by atoms with Crippen LogP contribution in [0.25, 0.3) is 0 Å². The number of anilines is 2. The molecule has 0 atom stereocenters. The minimum absolute atomic E-state index is 0.0352. The molecule has 2 aromatic heterocycles. The zero-order chi connectivity index (χ0) is 18.9. The van der Waals surface area contributed by atoms with Crippen molar-refractivity contribution in [3.05, 3.63) is 35.8 Å². The molecule has 1 aliphatic rings. The first kappa shape index (κ1) is 18.5. The highest BCUT2D eigenvalue weighted by atomic mass is 15.4. The van der Waals surface area contributed by atoms with Gasteiger partial charge in [0, 0.05) is 63.1 Å². The highest BCUT2D eigenvalue weighted by molar-refractivity contribution is 5.42. The summed E-state index contributed by atoms with van der Waals surface area (Å²) in [4.78, 5) is 15.3. The van der Waals surface area contributed by atoms with Crippen LogP contribution in [0.4, 0.5) is 11.8 Å². The zero-order valence-corrected chi connectivity index (χ0v) is 16.6. The van der Waals surface area contributed by atoms with Gasteiger partial charge in [0.25, 0.3) is 0 Å². The molecule has 0 N–H and O–H groups in total. The second-order valence-electron chi connectivity index (χ2n) is 8.29. The Balaban J connectivity index is 1.52. The monoisotopic (exact) mass is 355 g/mol. The van der Waals surface area contributed by atoms with Crippen LogP contribution >= 0.6 is 0 Å². The predicted octanol–water partition coefficient (Wildman–Crippen LogP) is 1.95. The third-order valence-electron chi connectivity index (χ3n) is 4.75. The molecule has 1 fully saturated rings. The van der Waals surface area contributed by atoms with Gasteiger partial charge in [0.1, 0.15) is 0 Å². The number of aromatic nitrogens is 4. The van der Waals surface area contributed by atoms with E-state index in [1.807, 2.05) is 31.4 Å². The Labute approximate surface area is 156 Å². The van der Waals surface area contributed by atoms with E-state index in [0.717, 1.165) is 42.7 Å². The van der Waals surface area contributed by atoms with Crippen LogP contribution in [-0.2, 0) is 12.0 Å². The summed E-state index contributed by atoms with van der Waals surface area (Å²) >= 11 is 0. The van der Waals surface area contributed by atoms with Gasteiger partial charge >= 0.3 is 0 Å². The van der Waals surface area contributed by atoms with E-state index in [4.69, 9.17) is 0 Å². The fourth-order valence-electron chi connectivity index (χ4n) is 2.89. The molecule has 0 spiro atoms. The zero-order valence-electron chi connectivity index (χ0n) is 16.6. The van der Waals surface area contributed by atoms with Crippen molar-refractivity contribution in [3.63, 3.8) is 0 Å². The molecular formula is C19H29N7. The van der Waals surface area contributed by atoms with E-state index in [0.29, 0.717) is 6.04 Å². The van der Waals surface area contributed by atoms with Crippen LogP contribution in [0.3, 0.4) is 0 Å². The van der Waals surface area contributed by atoms with Crippen molar-refractivity contribution in [1.29, 1.82) is 0 Å². The summed E-state index contributed by atoms with van der Waals surface area (Å²) < 4.78 is 0. The summed E-state index contributed by atoms with van der Waals surface area (Å²) in [5.41, 5.74) is 2.19. The lowest BCUT2D eigenvalue weighted by Crippen LogP contribution is -2.58. The molecule has 1 aliphatic heterocycles. The molecular weight excluding hydrogens is 326 g/mol. The third-order valence-corrected chi connectivity index (χ3v) is 4.75. The van der Waals surface area contributed by atoms with Gasteiger partial charge in [-0.2, -0.15) is 5.10 Å². The molecule has 3 heterocycles. The van der Waals surface area contributed by atoms with Crippen molar-refractivity contribution >= 4 is 11.8 Å². The molecule has 0 bridgehead atoms. The molecule has 7 nitrogen and oxygen atoms in total. The minimum Gasteiger partial charge on any atom is -0.352 e. The fraction of sp³-hybridized carbons (Fsp3) is 0.579. The van der Waals surface area contributed by atoms with Crippen LogP contribution in [0.5, 0.6) is 0 Å². The fourth-order valence-corrected chi connectivity index (χ4v) is 2.89. The number of hydrogen-bond donors (Lipinski definition) is 0. The van der Waals surface area contributed by atoms with Gasteiger partial charge in [0.05, 0.1) is 5.69 Å². The maximum atomic E-state index is 4.40. The Bertz CT molecular complexity index is 713. The van der Waals surface area contributed by atoms with Gasteiger partial charge in [-0.25, -0.2) is 9.97 Å². The van der Waals surface area contributed by atoms with Crippen molar-refractivity contribution in [2.45, 2.75) is 38.8 Å². The summed E-state index contributed by atoms with van der Waals surface area (Å²) in [6.07, 6.45) is 3.82. The molecule has 0 unspecified atom stereocenters. The van der Waals surface area contributed by atoms with Crippen LogP contribution in [0.2, 0.25) is 0 Å². The van der Waals surface area contributed by atoms with Gasteiger partial charge in [-0.05, 0) is 19.2 Å². The second kappa shape index (κ2) is 7.15. The normalized spacial score (nSPS) is 15.3. The van der Waals surface area contributed by atoms with Crippen molar-refractivity contribution < 1.29 is 0 Å². The maximum Gasteiger partial charge on any atom is 0.224 e.